The third-order valence-electron chi connectivity index (χ3n) is 3.43. The van der Waals surface area contributed by atoms with E-state index in [2.05, 4.69) is 20.9 Å². The van der Waals surface area contributed by atoms with Crippen LogP contribution in [0.1, 0.15) is 17.2 Å². The van der Waals surface area contributed by atoms with Crippen LogP contribution in [0.25, 0.3) is 10.9 Å². The topological polar surface area (TPSA) is 42.4 Å². The number of para-hydroxylation sites is 1. The molecule has 0 saturated heterocycles. The highest BCUT2D eigenvalue weighted by Gasteiger charge is 2.15. The first-order valence-corrected chi connectivity index (χ1v) is 7.34. The minimum atomic E-state index is -0.758. The Kier molecular flexibility index (Phi) is 3.90. The van der Waals surface area contributed by atoms with E-state index in [9.17, 15) is 5.11 Å². The molecule has 0 spiro atoms. The van der Waals surface area contributed by atoms with Crippen molar-refractivity contribution in [2.75, 3.05) is 7.11 Å². The van der Waals surface area contributed by atoms with Gasteiger partial charge in [0.2, 0.25) is 0 Å². The molecule has 1 aromatic heterocycles. The number of ether oxygens (including phenoxy) is 1. The standard InChI is InChI=1S/C17H14BrNO2/c1-21-13-6-7-15(18)14(9-13)17(20)12-8-11-4-2-3-5-16(11)19-10-12/h2-10,17,20H,1H3. The van der Waals surface area contributed by atoms with Gasteiger partial charge in [-0.2, -0.15) is 0 Å². The number of hydrogen-bond donors (Lipinski definition) is 1. The second kappa shape index (κ2) is 5.84. The molecule has 0 fully saturated rings. The van der Waals surface area contributed by atoms with Gasteiger partial charge in [0.15, 0.2) is 0 Å². The summed E-state index contributed by atoms with van der Waals surface area (Å²) in [6, 6.07) is 15.3. The first-order valence-electron chi connectivity index (χ1n) is 6.55. The molecule has 3 rings (SSSR count). The van der Waals surface area contributed by atoms with Gasteiger partial charge < -0.3 is 9.84 Å². The number of nitrogens with zero attached hydrogens (tertiary/aromatic N) is 1. The third-order valence-corrected chi connectivity index (χ3v) is 4.15. The Morgan fingerprint density at radius 2 is 1.95 bits per heavy atom. The van der Waals surface area contributed by atoms with Crippen LogP contribution in [0.15, 0.2) is 59.2 Å². The van der Waals surface area contributed by atoms with E-state index >= 15 is 0 Å². The van der Waals surface area contributed by atoms with Crippen molar-refractivity contribution in [2.24, 2.45) is 0 Å². The van der Waals surface area contributed by atoms with Crippen molar-refractivity contribution >= 4 is 26.8 Å². The zero-order valence-electron chi connectivity index (χ0n) is 11.5. The molecule has 106 valence electrons. The van der Waals surface area contributed by atoms with E-state index in [1.807, 2.05) is 48.5 Å². The van der Waals surface area contributed by atoms with Crippen LogP contribution >= 0.6 is 15.9 Å². The molecule has 0 bridgehead atoms. The Morgan fingerprint density at radius 3 is 2.76 bits per heavy atom. The maximum Gasteiger partial charge on any atom is 0.119 e. The summed E-state index contributed by atoms with van der Waals surface area (Å²) in [5.41, 5.74) is 2.42. The van der Waals surface area contributed by atoms with Gasteiger partial charge in [0.25, 0.3) is 0 Å². The Balaban J connectivity index is 2.05. The lowest BCUT2D eigenvalue weighted by molar-refractivity contribution is 0.218. The summed E-state index contributed by atoms with van der Waals surface area (Å²) < 4.78 is 6.06. The third kappa shape index (κ3) is 2.77. The number of fused-ring (bicyclic) bond motifs is 1. The lowest BCUT2D eigenvalue weighted by Crippen LogP contribution is -2.02. The average Bonchev–Trinajstić information content (AvgIpc) is 2.54. The van der Waals surface area contributed by atoms with Crippen LogP contribution in [0.3, 0.4) is 0 Å². The van der Waals surface area contributed by atoms with Crippen molar-refractivity contribution in [1.82, 2.24) is 4.98 Å². The van der Waals surface area contributed by atoms with Gasteiger partial charge in [0.1, 0.15) is 11.9 Å². The van der Waals surface area contributed by atoms with Gasteiger partial charge in [-0.1, -0.05) is 34.1 Å². The minimum absolute atomic E-state index is 0.709. The lowest BCUT2D eigenvalue weighted by Gasteiger charge is -2.15. The summed E-state index contributed by atoms with van der Waals surface area (Å²) in [5.74, 6) is 0.709. The molecule has 0 aliphatic heterocycles. The number of methoxy groups -OCH3 is 1. The van der Waals surface area contributed by atoms with Gasteiger partial charge in [-0.3, -0.25) is 4.98 Å². The summed E-state index contributed by atoms with van der Waals surface area (Å²) in [5, 5.41) is 11.6. The van der Waals surface area contributed by atoms with Crippen molar-refractivity contribution in [3.8, 4) is 5.75 Å². The van der Waals surface area contributed by atoms with Crippen molar-refractivity contribution in [3.63, 3.8) is 0 Å². The number of hydrogen-bond acceptors (Lipinski definition) is 3. The molecule has 0 saturated carbocycles. The monoisotopic (exact) mass is 343 g/mol. The maximum atomic E-state index is 10.6. The van der Waals surface area contributed by atoms with Crippen LogP contribution in [-0.2, 0) is 0 Å². The van der Waals surface area contributed by atoms with Crippen LogP contribution in [-0.4, -0.2) is 17.2 Å². The second-order valence-corrected chi connectivity index (χ2v) is 5.61. The molecule has 1 N–H and O–H groups in total. The molecule has 21 heavy (non-hydrogen) atoms. The molecule has 3 aromatic rings. The molecule has 0 aliphatic carbocycles. The van der Waals surface area contributed by atoms with Crippen LogP contribution in [0.4, 0.5) is 0 Å². The molecule has 2 aromatic carbocycles. The van der Waals surface area contributed by atoms with Crippen molar-refractivity contribution in [1.29, 1.82) is 0 Å². The largest absolute Gasteiger partial charge is 0.497 e. The SMILES string of the molecule is COc1ccc(Br)c(C(O)c2cnc3ccccc3c2)c1. The molecular weight excluding hydrogens is 330 g/mol. The van der Waals surface area contributed by atoms with Crippen molar-refractivity contribution in [2.45, 2.75) is 6.10 Å². The number of benzene rings is 2. The van der Waals surface area contributed by atoms with Crippen LogP contribution in [0, 0.1) is 0 Å². The number of aromatic nitrogens is 1. The predicted octanol–water partition coefficient (Wildman–Crippen LogP) is 4.09. The number of pyridine rings is 1. The van der Waals surface area contributed by atoms with Crippen LogP contribution in [0.2, 0.25) is 0 Å². The highest BCUT2D eigenvalue weighted by atomic mass is 79.9. The quantitative estimate of drug-likeness (QED) is 0.778. The fourth-order valence-electron chi connectivity index (χ4n) is 2.28. The first kappa shape index (κ1) is 14.0. The van der Waals surface area contributed by atoms with E-state index < -0.39 is 6.10 Å². The number of halogens is 1. The molecule has 1 unspecified atom stereocenters. The van der Waals surface area contributed by atoms with E-state index in [0.29, 0.717) is 5.75 Å². The molecule has 0 aliphatic rings. The minimum Gasteiger partial charge on any atom is -0.497 e. The van der Waals surface area contributed by atoms with Crippen molar-refractivity contribution < 1.29 is 9.84 Å². The second-order valence-electron chi connectivity index (χ2n) is 4.75. The van der Waals surface area contributed by atoms with E-state index in [-0.39, 0.29) is 0 Å². The Hall–Kier alpha value is -1.91. The van der Waals surface area contributed by atoms with Crippen LogP contribution in [0.5, 0.6) is 5.75 Å². The Labute approximate surface area is 131 Å². The number of aliphatic hydroxyl groups excluding tert-OH is 1. The fraction of sp³-hybridized carbons (Fsp3) is 0.118. The normalized spacial score (nSPS) is 12.3. The zero-order valence-corrected chi connectivity index (χ0v) is 13.0. The van der Waals surface area contributed by atoms with Gasteiger partial charge in [-0.15, -0.1) is 0 Å². The zero-order chi connectivity index (χ0) is 14.8. The van der Waals surface area contributed by atoms with Crippen LogP contribution < -0.4 is 4.74 Å². The molecular formula is C17H14BrNO2. The summed E-state index contributed by atoms with van der Waals surface area (Å²) >= 11 is 3.47. The number of rotatable bonds is 3. The number of aliphatic hydroxyl groups is 1. The fourth-order valence-corrected chi connectivity index (χ4v) is 2.74. The first-order chi connectivity index (χ1) is 10.2. The average molecular weight is 344 g/mol. The van der Waals surface area contributed by atoms with E-state index in [0.717, 1.165) is 26.5 Å². The maximum absolute atomic E-state index is 10.6. The molecule has 4 heteroatoms. The highest BCUT2D eigenvalue weighted by Crippen LogP contribution is 2.32. The van der Waals surface area contributed by atoms with Gasteiger partial charge in [0, 0.05) is 27.2 Å². The highest BCUT2D eigenvalue weighted by molar-refractivity contribution is 9.10. The molecule has 1 heterocycles. The Morgan fingerprint density at radius 1 is 1.14 bits per heavy atom. The summed E-state index contributed by atoms with van der Waals surface area (Å²) in [6.45, 7) is 0. The molecule has 1 atom stereocenters. The summed E-state index contributed by atoms with van der Waals surface area (Å²) in [7, 11) is 1.61. The smallest absolute Gasteiger partial charge is 0.119 e. The van der Waals surface area contributed by atoms with Gasteiger partial charge in [-0.05, 0) is 30.3 Å². The van der Waals surface area contributed by atoms with Gasteiger partial charge >= 0.3 is 0 Å². The van der Waals surface area contributed by atoms with E-state index in [4.69, 9.17) is 4.74 Å². The van der Waals surface area contributed by atoms with Gasteiger partial charge in [-0.25, -0.2) is 0 Å². The molecule has 3 nitrogen and oxygen atoms in total. The van der Waals surface area contributed by atoms with E-state index in [1.165, 1.54) is 0 Å². The van der Waals surface area contributed by atoms with E-state index in [1.54, 1.807) is 13.3 Å². The summed E-state index contributed by atoms with van der Waals surface area (Å²) in [6.07, 6.45) is 0.949. The lowest BCUT2D eigenvalue weighted by atomic mass is 10.0. The summed E-state index contributed by atoms with van der Waals surface area (Å²) in [4.78, 5) is 4.39. The molecule has 0 radical (unpaired) electrons. The Bertz CT molecular complexity index is 789. The predicted molar refractivity (Wildman–Crippen MR) is 86.5 cm³/mol. The van der Waals surface area contributed by atoms with Gasteiger partial charge in [0.05, 0.1) is 12.6 Å². The van der Waals surface area contributed by atoms with Crippen molar-refractivity contribution in [3.05, 3.63) is 70.3 Å². The molecule has 0 amide bonds.